The van der Waals surface area contributed by atoms with Gasteiger partial charge < -0.3 is 24.1 Å². The van der Waals surface area contributed by atoms with Crippen LogP contribution in [0, 0.1) is 0 Å². The van der Waals surface area contributed by atoms with Gasteiger partial charge in [-0.15, -0.1) is 6.58 Å². The third-order valence-electron chi connectivity index (χ3n) is 4.82. The number of carbonyl (C=O) groups is 1. The predicted molar refractivity (Wildman–Crippen MR) is 119 cm³/mol. The van der Waals surface area contributed by atoms with Crippen LogP contribution in [0.5, 0.6) is 17.2 Å². The van der Waals surface area contributed by atoms with Crippen LogP contribution in [0.2, 0.25) is 0 Å². The van der Waals surface area contributed by atoms with E-state index in [0.717, 1.165) is 17.5 Å². The molecule has 0 spiro atoms. The molecular formula is C24H27N3O4. The van der Waals surface area contributed by atoms with Crippen LogP contribution in [-0.2, 0) is 18.3 Å². The molecular weight excluding hydrogens is 394 g/mol. The number of allylic oxidation sites excluding steroid dienone is 1. The molecule has 1 atom stereocenters. The lowest BCUT2D eigenvalue weighted by atomic mass is 10.1. The molecule has 0 aliphatic heterocycles. The number of hydrogen-bond acceptors (Lipinski definition) is 5. The Bertz CT molecular complexity index is 1040. The summed E-state index contributed by atoms with van der Waals surface area (Å²) in [5.41, 5.74) is 1.91. The standard InChI is InChI=1S/C24H27N3O4/c1-5-7-17-10-11-20(21(14-17)30-4)31-16-22(28)26-23(24-25-12-13-27(24)2)18-8-6-9-19(15-18)29-3/h5-6,8-15,23H,1,7,16H2,2-4H3,(H,26,28). The van der Waals surface area contributed by atoms with E-state index < -0.39 is 6.04 Å². The van der Waals surface area contributed by atoms with Crippen LogP contribution >= 0.6 is 0 Å². The SMILES string of the molecule is C=CCc1ccc(OCC(=O)NC(c2cccc(OC)c2)c2nccn2C)c(OC)c1. The number of benzene rings is 2. The van der Waals surface area contributed by atoms with Gasteiger partial charge in [0.25, 0.3) is 5.91 Å². The van der Waals surface area contributed by atoms with Crippen molar-refractivity contribution in [1.29, 1.82) is 0 Å². The van der Waals surface area contributed by atoms with Crippen molar-refractivity contribution in [2.75, 3.05) is 20.8 Å². The molecule has 162 valence electrons. The van der Waals surface area contributed by atoms with Crippen LogP contribution in [0.15, 0.2) is 67.5 Å². The highest BCUT2D eigenvalue weighted by atomic mass is 16.5. The Hall–Kier alpha value is -3.74. The number of hydrogen-bond donors (Lipinski definition) is 1. The molecule has 0 aliphatic rings. The van der Waals surface area contributed by atoms with Gasteiger partial charge >= 0.3 is 0 Å². The number of methoxy groups -OCH3 is 2. The predicted octanol–water partition coefficient (Wildman–Crippen LogP) is 3.45. The summed E-state index contributed by atoms with van der Waals surface area (Å²) in [5.74, 6) is 2.19. The van der Waals surface area contributed by atoms with Gasteiger partial charge in [0, 0.05) is 19.4 Å². The fraction of sp³-hybridized carbons (Fsp3) is 0.250. The second kappa shape index (κ2) is 10.3. The van der Waals surface area contributed by atoms with Crippen LogP contribution in [0.1, 0.15) is 23.0 Å². The average molecular weight is 421 g/mol. The summed E-state index contributed by atoms with van der Waals surface area (Å²) in [5, 5.41) is 3.01. The van der Waals surface area contributed by atoms with E-state index in [2.05, 4.69) is 16.9 Å². The van der Waals surface area contributed by atoms with E-state index in [9.17, 15) is 4.79 Å². The average Bonchev–Trinajstić information content (AvgIpc) is 3.22. The summed E-state index contributed by atoms with van der Waals surface area (Å²) < 4.78 is 18.3. The van der Waals surface area contributed by atoms with E-state index in [1.807, 2.05) is 60.3 Å². The number of aromatic nitrogens is 2. The quantitative estimate of drug-likeness (QED) is 0.508. The van der Waals surface area contributed by atoms with Crippen molar-refractivity contribution in [2.45, 2.75) is 12.5 Å². The molecule has 3 aromatic rings. The second-order valence-corrected chi connectivity index (χ2v) is 6.94. The summed E-state index contributed by atoms with van der Waals surface area (Å²) in [6, 6.07) is 12.7. The molecule has 0 radical (unpaired) electrons. The second-order valence-electron chi connectivity index (χ2n) is 6.94. The number of amides is 1. The van der Waals surface area contributed by atoms with E-state index in [4.69, 9.17) is 14.2 Å². The van der Waals surface area contributed by atoms with E-state index in [1.165, 1.54) is 0 Å². The number of nitrogens with one attached hydrogen (secondary N) is 1. The van der Waals surface area contributed by atoms with Gasteiger partial charge in [-0.2, -0.15) is 0 Å². The van der Waals surface area contributed by atoms with Gasteiger partial charge in [0.1, 0.15) is 17.6 Å². The summed E-state index contributed by atoms with van der Waals surface area (Å²) >= 11 is 0. The van der Waals surface area contributed by atoms with Gasteiger partial charge in [0.15, 0.2) is 18.1 Å². The highest BCUT2D eigenvalue weighted by Crippen LogP contribution is 2.29. The zero-order valence-electron chi connectivity index (χ0n) is 18.0. The van der Waals surface area contributed by atoms with Crippen LogP contribution < -0.4 is 19.5 Å². The first-order valence-electron chi connectivity index (χ1n) is 9.86. The molecule has 0 saturated carbocycles. The maximum absolute atomic E-state index is 12.8. The molecule has 7 nitrogen and oxygen atoms in total. The molecule has 1 unspecified atom stereocenters. The Kier molecular flexibility index (Phi) is 7.32. The highest BCUT2D eigenvalue weighted by molar-refractivity contribution is 5.78. The monoisotopic (exact) mass is 421 g/mol. The topological polar surface area (TPSA) is 74.6 Å². The first-order chi connectivity index (χ1) is 15.0. The Labute approximate surface area is 182 Å². The molecule has 0 aliphatic carbocycles. The van der Waals surface area contributed by atoms with Crippen molar-refractivity contribution in [2.24, 2.45) is 7.05 Å². The van der Waals surface area contributed by atoms with Crippen molar-refractivity contribution in [3.63, 3.8) is 0 Å². The molecule has 7 heteroatoms. The van der Waals surface area contributed by atoms with Crippen molar-refractivity contribution in [3.8, 4) is 17.2 Å². The van der Waals surface area contributed by atoms with Gasteiger partial charge in [-0.3, -0.25) is 4.79 Å². The van der Waals surface area contributed by atoms with Crippen molar-refractivity contribution >= 4 is 5.91 Å². The maximum atomic E-state index is 12.8. The number of ether oxygens (including phenoxy) is 3. The van der Waals surface area contributed by atoms with Gasteiger partial charge in [-0.05, 0) is 41.8 Å². The van der Waals surface area contributed by atoms with Crippen molar-refractivity contribution in [3.05, 3.63) is 84.5 Å². The molecule has 31 heavy (non-hydrogen) atoms. The number of imidazole rings is 1. The summed E-state index contributed by atoms with van der Waals surface area (Å²) in [6.45, 7) is 3.58. The summed E-state index contributed by atoms with van der Waals surface area (Å²) in [7, 11) is 5.06. The minimum absolute atomic E-state index is 0.165. The molecule has 1 heterocycles. The molecule has 3 rings (SSSR count). The number of aryl methyl sites for hydroxylation is 1. The summed E-state index contributed by atoms with van der Waals surface area (Å²) in [6.07, 6.45) is 6.07. The van der Waals surface area contributed by atoms with Crippen LogP contribution in [0.3, 0.4) is 0 Å². The third-order valence-corrected chi connectivity index (χ3v) is 4.82. The first-order valence-corrected chi connectivity index (χ1v) is 9.86. The fourth-order valence-electron chi connectivity index (χ4n) is 3.24. The summed E-state index contributed by atoms with van der Waals surface area (Å²) in [4.78, 5) is 17.2. The molecule has 0 bridgehead atoms. The van der Waals surface area contributed by atoms with Gasteiger partial charge in [-0.1, -0.05) is 24.3 Å². The van der Waals surface area contributed by atoms with E-state index in [1.54, 1.807) is 26.5 Å². The molecule has 0 fully saturated rings. The third kappa shape index (κ3) is 5.45. The van der Waals surface area contributed by atoms with Crippen LogP contribution in [0.25, 0.3) is 0 Å². The number of rotatable bonds is 10. The normalized spacial score (nSPS) is 11.5. The van der Waals surface area contributed by atoms with Crippen molar-refractivity contribution in [1.82, 2.24) is 14.9 Å². The molecule has 0 saturated heterocycles. The van der Waals surface area contributed by atoms with Crippen molar-refractivity contribution < 1.29 is 19.0 Å². The van der Waals surface area contributed by atoms with Gasteiger partial charge in [0.05, 0.1) is 14.2 Å². The minimum atomic E-state index is -0.455. The fourth-order valence-corrected chi connectivity index (χ4v) is 3.24. The molecule has 2 aromatic carbocycles. The Morgan fingerprint density at radius 3 is 2.71 bits per heavy atom. The molecule has 1 amide bonds. The van der Waals surface area contributed by atoms with Crippen LogP contribution in [-0.4, -0.2) is 36.3 Å². The smallest absolute Gasteiger partial charge is 0.258 e. The minimum Gasteiger partial charge on any atom is -0.497 e. The Morgan fingerprint density at radius 1 is 1.19 bits per heavy atom. The molecule has 1 aromatic heterocycles. The van der Waals surface area contributed by atoms with Gasteiger partial charge in [0.2, 0.25) is 0 Å². The number of carbonyl (C=O) groups excluding carboxylic acids is 1. The van der Waals surface area contributed by atoms with E-state index in [-0.39, 0.29) is 12.5 Å². The Morgan fingerprint density at radius 2 is 2.03 bits per heavy atom. The van der Waals surface area contributed by atoms with Gasteiger partial charge in [-0.25, -0.2) is 4.98 Å². The van der Waals surface area contributed by atoms with Crippen LogP contribution in [0.4, 0.5) is 0 Å². The first kappa shape index (κ1) is 22.0. The zero-order chi connectivity index (χ0) is 22.2. The van der Waals surface area contributed by atoms with E-state index in [0.29, 0.717) is 23.1 Å². The lowest BCUT2D eigenvalue weighted by molar-refractivity contribution is -0.123. The lowest BCUT2D eigenvalue weighted by Crippen LogP contribution is -2.34. The highest BCUT2D eigenvalue weighted by Gasteiger charge is 2.22. The van der Waals surface area contributed by atoms with E-state index >= 15 is 0 Å². The molecule has 1 N–H and O–H groups in total. The zero-order valence-corrected chi connectivity index (χ0v) is 18.0. The largest absolute Gasteiger partial charge is 0.497 e. The number of nitrogens with zero attached hydrogens (tertiary/aromatic N) is 2. The Balaban J connectivity index is 1.75. The lowest BCUT2D eigenvalue weighted by Gasteiger charge is -2.20. The maximum Gasteiger partial charge on any atom is 0.258 e.